The lowest BCUT2D eigenvalue weighted by Crippen LogP contribution is -2.08. The normalized spacial score (nSPS) is 14.0. The van der Waals surface area contributed by atoms with E-state index in [2.05, 4.69) is 23.9 Å². The first kappa shape index (κ1) is 14.5. The maximum Gasteiger partial charge on any atom is 0.218 e. The van der Waals surface area contributed by atoms with E-state index in [4.69, 9.17) is 4.74 Å². The summed E-state index contributed by atoms with van der Waals surface area (Å²) < 4.78 is 7.10. The number of pyridine rings is 1. The van der Waals surface area contributed by atoms with Crippen molar-refractivity contribution in [3.63, 3.8) is 0 Å². The van der Waals surface area contributed by atoms with Crippen LogP contribution in [0.1, 0.15) is 43.7 Å². The van der Waals surface area contributed by atoms with Crippen LogP contribution in [0.15, 0.2) is 30.6 Å². The van der Waals surface area contributed by atoms with Crippen molar-refractivity contribution in [3.05, 3.63) is 41.9 Å². The highest BCUT2D eigenvalue weighted by Crippen LogP contribution is 2.25. The van der Waals surface area contributed by atoms with Crippen molar-refractivity contribution in [3.8, 4) is 5.88 Å². The Labute approximate surface area is 119 Å². The molecule has 20 heavy (non-hydrogen) atoms. The van der Waals surface area contributed by atoms with Crippen molar-refractivity contribution < 1.29 is 9.84 Å². The van der Waals surface area contributed by atoms with E-state index in [0.717, 1.165) is 12.1 Å². The zero-order chi connectivity index (χ0) is 14.5. The molecule has 0 fully saturated rings. The van der Waals surface area contributed by atoms with E-state index in [1.165, 1.54) is 0 Å². The molecule has 1 N–H and O–H groups in total. The molecule has 5 heteroatoms. The van der Waals surface area contributed by atoms with Crippen LogP contribution in [0.5, 0.6) is 5.88 Å². The molecule has 0 saturated carbocycles. The number of hydrogen-bond acceptors (Lipinski definition) is 4. The Hall–Kier alpha value is -1.88. The van der Waals surface area contributed by atoms with Crippen molar-refractivity contribution in [2.24, 2.45) is 0 Å². The number of hydrogen-bond donors (Lipinski definition) is 1. The summed E-state index contributed by atoms with van der Waals surface area (Å²) in [6.07, 6.45) is 4.41. The summed E-state index contributed by atoms with van der Waals surface area (Å²) in [5, 5.41) is 14.8. The second-order valence-electron chi connectivity index (χ2n) is 4.87. The minimum Gasteiger partial charge on any atom is -0.481 e. The molecule has 2 aromatic rings. The van der Waals surface area contributed by atoms with E-state index in [1.54, 1.807) is 19.4 Å². The van der Waals surface area contributed by atoms with E-state index in [9.17, 15) is 5.11 Å². The lowest BCUT2D eigenvalue weighted by atomic mass is 10.1. The maximum atomic E-state index is 10.3. The molecule has 108 valence electrons. The highest BCUT2D eigenvalue weighted by molar-refractivity contribution is 5.28. The van der Waals surface area contributed by atoms with Crippen LogP contribution in [0.3, 0.4) is 0 Å². The van der Waals surface area contributed by atoms with E-state index >= 15 is 0 Å². The minimum absolute atomic E-state index is 0.369. The fraction of sp³-hybridized carbons (Fsp3) is 0.467. The third kappa shape index (κ3) is 3.17. The van der Waals surface area contributed by atoms with E-state index < -0.39 is 6.10 Å². The molecule has 2 atom stereocenters. The van der Waals surface area contributed by atoms with E-state index in [1.807, 2.05) is 23.0 Å². The van der Waals surface area contributed by atoms with Crippen LogP contribution < -0.4 is 4.74 Å². The van der Waals surface area contributed by atoms with Gasteiger partial charge in [-0.2, -0.15) is 5.10 Å². The molecular formula is C15H21N3O2. The second-order valence-corrected chi connectivity index (χ2v) is 4.87. The zero-order valence-electron chi connectivity index (χ0n) is 12.2. The lowest BCUT2D eigenvalue weighted by molar-refractivity contribution is 0.171. The number of aliphatic hydroxyl groups is 1. The monoisotopic (exact) mass is 275 g/mol. The number of aromatic nitrogens is 3. The standard InChI is InChI=1S/C15H21N3O2/c1-4-11(2)18-9-7-12(17-18)10-14(19)13-6-5-8-16-15(13)20-3/h5-9,11,14,19H,4,10H2,1-3H3. The van der Waals surface area contributed by atoms with Gasteiger partial charge in [0.15, 0.2) is 0 Å². The Morgan fingerprint density at radius 2 is 2.20 bits per heavy atom. The smallest absolute Gasteiger partial charge is 0.218 e. The molecule has 0 bridgehead atoms. The van der Waals surface area contributed by atoms with Gasteiger partial charge in [0.05, 0.1) is 18.9 Å². The van der Waals surface area contributed by atoms with Crippen molar-refractivity contribution in [2.75, 3.05) is 7.11 Å². The van der Waals surface area contributed by atoms with Crippen LogP contribution in [-0.2, 0) is 6.42 Å². The average molecular weight is 275 g/mol. The third-order valence-corrected chi connectivity index (χ3v) is 3.46. The maximum absolute atomic E-state index is 10.3. The Balaban J connectivity index is 2.11. The highest BCUT2D eigenvalue weighted by Gasteiger charge is 2.16. The highest BCUT2D eigenvalue weighted by atomic mass is 16.5. The Bertz CT molecular complexity index is 554. The molecule has 0 aliphatic rings. The molecule has 0 aromatic carbocycles. The zero-order valence-corrected chi connectivity index (χ0v) is 12.2. The lowest BCUT2D eigenvalue weighted by Gasteiger charge is -2.12. The second kappa shape index (κ2) is 6.52. The predicted octanol–water partition coefficient (Wildman–Crippen LogP) is 2.53. The fourth-order valence-electron chi connectivity index (χ4n) is 2.05. The topological polar surface area (TPSA) is 60.2 Å². The largest absolute Gasteiger partial charge is 0.481 e. The molecule has 2 heterocycles. The van der Waals surface area contributed by atoms with Gasteiger partial charge in [0.2, 0.25) is 5.88 Å². The molecule has 0 amide bonds. The quantitative estimate of drug-likeness (QED) is 0.880. The first-order valence-electron chi connectivity index (χ1n) is 6.86. The van der Waals surface area contributed by atoms with E-state index in [0.29, 0.717) is 23.9 Å². The SMILES string of the molecule is CCC(C)n1ccc(CC(O)c2cccnc2OC)n1. The molecule has 5 nitrogen and oxygen atoms in total. The van der Waals surface area contributed by atoms with Crippen molar-refractivity contribution in [2.45, 2.75) is 38.8 Å². The minimum atomic E-state index is -0.668. The van der Waals surface area contributed by atoms with Gasteiger partial charge in [-0.25, -0.2) is 4.98 Å². The van der Waals surface area contributed by atoms with Gasteiger partial charge >= 0.3 is 0 Å². The van der Waals surface area contributed by atoms with Crippen molar-refractivity contribution in [1.29, 1.82) is 0 Å². The average Bonchev–Trinajstić information content (AvgIpc) is 2.94. The molecule has 0 radical (unpaired) electrons. The Morgan fingerprint density at radius 3 is 2.90 bits per heavy atom. The number of aliphatic hydroxyl groups excluding tert-OH is 1. The van der Waals surface area contributed by atoms with E-state index in [-0.39, 0.29) is 0 Å². The van der Waals surface area contributed by atoms with Gasteiger partial charge < -0.3 is 9.84 Å². The molecule has 0 aliphatic heterocycles. The summed E-state index contributed by atoms with van der Waals surface area (Å²) in [6, 6.07) is 5.92. The van der Waals surface area contributed by atoms with Crippen molar-refractivity contribution >= 4 is 0 Å². The predicted molar refractivity (Wildman–Crippen MR) is 76.7 cm³/mol. The first-order valence-corrected chi connectivity index (χ1v) is 6.86. The van der Waals surface area contributed by atoms with Crippen LogP contribution in [0.2, 0.25) is 0 Å². The summed E-state index contributed by atoms with van der Waals surface area (Å²) in [5.41, 5.74) is 1.55. The van der Waals surface area contributed by atoms with Crippen molar-refractivity contribution in [1.82, 2.24) is 14.8 Å². The summed E-state index contributed by atoms with van der Waals surface area (Å²) in [7, 11) is 1.55. The molecule has 2 aromatic heterocycles. The number of methoxy groups -OCH3 is 1. The first-order chi connectivity index (χ1) is 9.65. The molecule has 0 spiro atoms. The van der Waals surface area contributed by atoms with Crippen LogP contribution >= 0.6 is 0 Å². The molecule has 0 saturated heterocycles. The van der Waals surface area contributed by atoms with Gasteiger partial charge in [-0.05, 0) is 31.5 Å². The molecule has 2 unspecified atom stereocenters. The number of ether oxygens (including phenoxy) is 1. The summed E-state index contributed by atoms with van der Waals surface area (Å²) >= 11 is 0. The van der Waals surface area contributed by atoms with Gasteiger partial charge in [0, 0.05) is 30.4 Å². The number of rotatable bonds is 6. The van der Waals surface area contributed by atoms with Crippen LogP contribution in [0.4, 0.5) is 0 Å². The van der Waals surface area contributed by atoms with Crippen LogP contribution in [0.25, 0.3) is 0 Å². The van der Waals surface area contributed by atoms with Crippen LogP contribution in [-0.4, -0.2) is 27.0 Å². The molecular weight excluding hydrogens is 254 g/mol. The van der Waals surface area contributed by atoms with Gasteiger partial charge in [-0.1, -0.05) is 6.92 Å². The Kier molecular flexibility index (Phi) is 4.74. The van der Waals surface area contributed by atoms with Gasteiger partial charge in [-0.15, -0.1) is 0 Å². The third-order valence-electron chi connectivity index (χ3n) is 3.46. The summed E-state index contributed by atoms with van der Waals surface area (Å²) in [6.45, 7) is 4.25. The van der Waals surface area contributed by atoms with Gasteiger partial charge in [0.1, 0.15) is 0 Å². The fourth-order valence-corrected chi connectivity index (χ4v) is 2.05. The summed E-state index contributed by atoms with van der Waals surface area (Å²) in [4.78, 5) is 4.10. The Morgan fingerprint density at radius 1 is 1.40 bits per heavy atom. The van der Waals surface area contributed by atoms with Crippen LogP contribution in [0, 0.1) is 0 Å². The van der Waals surface area contributed by atoms with Gasteiger partial charge in [-0.3, -0.25) is 4.68 Å². The summed E-state index contributed by atoms with van der Waals surface area (Å²) in [5.74, 6) is 0.460. The van der Waals surface area contributed by atoms with Gasteiger partial charge in [0.25, 0.3) is 0 Å². The number of nitrogens with zero attached hydrogens (tertiary/aromatic N) is 3. The molecule has 0 aliphatic carbocycles. The molecule has 2 rings (SSSR count).